The monoisotopic (exact) mass is 442 g/mol. The van der Waals surface area contributed by atoms with Gasteiger partial charge in [0.05, 0.1) is 15.6 Å². The number of carbonyl (C=O) groups excluding carboxylic acids is 2. The van der Waals surface area contributed by atoms with Crippen LogP contribution in [0.25, 0.3) is 0 Å². The van der Waals surface area contributed by atoms with Crippen molar-refractivity contribution in [2.75, 3.05) is 5.32 Å². The molecule has 1 aromatic heterocycles. The highest BCUT2D eigenvalue weighted by Crippen LogP contribution is 2.61. The lowest BCUT2D eigenvalue weighted by Crippen LogP contribution is -2.55. The molecule has 1 heterocycles. The summed E-state index contributed by atoms with van der Waals surface area (Å²) >= 11 is 7.65. The Bertz CT molecular complexity index is 936. The van der Waals surface area contributed by atoms with Gasteiger partial charge in [-0.15, -0.1) is 11.3 Å². The Morgan fingerprint density at radius 2 is 1.73 bits per heavy atom. The zero-order valence-electron chi connectivity index (χ0n) is 17.1. The first-order chi connectivity index (χ1) is 14.4. The second-order valence-electron chi connectivity index (χ2n) is 9.60. The average molecular weight is 443 g/mol. The highest BCUT2D eigenvalue weighted by molar-refractivity contribution is 7.12. The number of thiophene rings is 1. The third kappa shape index (κ3) is 3.67. The quantitative estimate of drug-likeness (QED) is 0.597. The molecule has 4 fully saturated rings. The normalized spacial score (nSPS) is 30.1. The van der Waals surface area contributed by atoms with E-state index in [0.29, 0.717) is 21.2 Å². The minimum absolute atomic E-state index is 0.0958. The van der Waals surface area contributed by atoms with Crippen LogP contribution < -0.4 is 10.6 Å². The van der Waals surface area contributed by atoms with Gasteiger partial charge >= 0.3 is 0 Å². The maximum Gasteiger partial charge on any atom is 0.265 e. The first-order valence-corrected chi connectivity index (χ1v) is 12.1. The number of rotatable bonds is 5. The number of anilines is 1. The molecule has 4 nitrogen and oxygen atoms in total. The molecule has 4 saturated carbocycles. The summed E-state index contributed by atoms with van der Waals surface area (Å²) in [4.78, 5) is 26.1. The maximum atomic E-state index is 13.1. The van der Waals surface area contributed by atoms with E-state index in [-0.39, 0.29) is 23.3 Å². The van der Waals surface area contributed by atoms with Crippen LogP contribution in [-0.2, 0) is 0 Å². The number of nitrogens with one attached hydrogen (secondary N) is 2. The number of hydrogen-bond acceptors (Lipinski definition) is 3. The molecule has 1 aromatic carbocycles. The molecule has 6 rings (SSSR count). The van der Waals surface area contributed by atoms with E-state index in [1.807, 2.05) is 11.4 Å². The van der Waals surface area contributed by atoms with E-state index in [2.05, 4.69) is 17.6 Å². The zero-order chi connectivity index (χ0) is 20.9. The summed E-state index contributed by atoms with van der Waals surface area (Å²) in [7, 11) is 0. The number of carbonyl (C=O) groups is 2. The predicted molar refractivity (Wildman–Crippen MR) is 121 cm³/mol. The maximum absolute atomic E-state index is 13.1. The van der Waals surface area contributed by atoms with Gasteiger partial charge in [-0.25, -0.2) is 0 Å². The lowest BCUT2D eigenvalue weighted by atomic mass is 9.48. The largest absolute Gasteiger partial charge is 0.349 e. The molecular weight excluding hydrogens is 416 g/mol. The van der Waals surface area contributed by atoms with Crippen LogP contribution in [0, 0.1) is 23.2 Å². The molecule has 6 heteroatoms. The fourth-order valence-corrected chi connectivity index (χ4v) is 7.28. The minimum atomic E-state index is -0.216. The SMILES string of the molecule is C[C@H](NC(=O)c1ccc(Cl)c(NC(=O)c2cccs2)c1)C12CC3CC(CC(C3)C1)C2. The lowest BCUT2D eigenvalue weighted by Gasteiger charge is -2.59. The van der Waals surface area contributed by atoms with Crippen LogP contribution >= 0.6 is 22.9 Å². The Morgan fingerprint density at radius 1 is 1.07 bits per heavy atom. The van der Waals surface area contributed by atoms with Gasteiger partial charge in [0.25, 0.3) is 11.8 Å². The second-order valence-corrected chi connectivity index (χ2v) is 11.0. The third-order valence-corrected chi connectivity index (χ3v) is 8.77. The van der Waals surface area contributed by atoms with Crippen molar-refractivity contribution in [1.82, 2.24) is 5.32 Å². The van der Waals surface area contributed by atoms with Crippen molar-refractivity contribution in [3.63, 3.8) is 0 Å². The molecule has 4 aliphatic rings. The van der Waals surface area contributed by atoms with Gasteiger partial charge in [0.1, 0.15) is 0 Å². The van der Waals surface area contributed by atoms with Crippen LogP contribution in [0.15, 0.2) is 35.7 Å². The summed E-state index contributed by atoms with van der Waals surface area (Å²) in [6, 6.07) is 8.82. The van der Waals surface area contributed by atoms with Crippen molar-refractivity contribution < 1.29 is 9.59 Å². The van der Waals surface area contributed by atoms with E-state index >= 15 is 0 Å². The van der Waals surface area contributed by atoms with Gasteiger partial charge in [0.15, 0.2) is 0 Å². The highest BCUT2D eigenvalue weighted by Gasteiger charge is 2.53. The van der Waals surface area contributed by atoms with Crippen LogP contribution in [0.1, 0.15) is 65.5 Å². The first-order valence-electron chi connectivity index (χ1n) is 10.9. The van der Waals surface area contributed by atoms with Gasteiger partial charge in [0, 0.05) is 11.6 Å². The smallest absolute Gasteiger partial charge is 0.265 e. The van der Waals surface area contributed by atoms with Crippen molar-refractivity contribution in [1.29, 1.82) is 0 Å². The van der Waals surface area contributed by atoms with E-state index < -0.39 is 0 Å². The molecule has 30 heavy (non-hydrogen) atoms. The molecule has 4 aliphatic carbocycles. The van der Waals surface area contributed by atoms with Crippen molar-refractivity contribution >= 4 is 40.4 Å². The molecule has 4 bridgehead atoms. The highest BCUT2D eigenvalue weighted by atomic mass is 35.5. The Morgan fingerprint density at radius 3 is 2.33 bits per heavy atom. The first kappa shape index (κ1) is 20.1. The van der Waals surface area contributed by atoms with Gasteiger partial charge in [-0.1, -0.05) is 17.7 Å². The molecule has 0 saturated heterocycles. The molecule has 158 valence electrons. The fraction of sp³-hybridized carbons (Fsp3) is 0.500. The third-order valence-electron chi connectivity index (χ3n) is 7.57. The van der Waals surface area contributed by atoms with Crippen molar-refractivity contribution in [3.8, 4) is 0 Å². The summed E-state index contributed by atoms with van der Waals surface area (Å²) in [6.07, 6.45) is 7.94. The summed E-state index contributed by atoms with van der Waals surface area (Å²) < 4.78 is 0. The molecule has 0 radical (unpaired) electrons. The number of halogens is 1. The average Bonchev–Trinajstić information content (AvgIpc) is 3.23. The van der Waals surface area contributed by atoms with Gasteiger partial charge < -0.3 is 10.6 Å². The van der Waals surface area contributed by atoms with E-state index in [1.54, 1.807) is 24.3 Å². The van der Waals surface area contributed by atoms with Crippen LogP contribution in [-0.4, -0.2) is 17.9 Å². The molecule has 1 atom stereocenters. The lowest BCUT2D eigenvalue weighted by molar-refractivity contribution is -0.0688. The van der Waals surface area contributed by atoms with Crippen molar-refractivity contribution in [3.05, 3.63) is 51.2 Å². The van der Waals surface area contributed by atoms with Crippen LogP contribution in [0.4, 0.5) is 5.69 Å². The molecule has 0 aliphatic heterocycles. The summed E-state index contributed by atoms with van der Waals surface area (Å²) in [5.41, 5.74) is 1.25. The van der Waals surface area contributed by atoms with E-state index in [4.69, 9.17) is 11.6 Å². The summed E-state index contributed by atoms with van der Waals surface area (Å²) in [5, 5.41) is 8.39. The molecule has 0 spiro atoms. The van der Waals surface area contributed by atoms with Gasteiger partial charge in [0.2, 0.25) is 0 Å². The molecule has 2 aromatic rings. The predicted octanol–water partition coefficient (Wildman–Crippen LogP) is 5.99. The van der Waals surface area contributed by atoms with Gasteiger partial charge in [-0.3, -0.25) is 9.59 Å². The standard InChI is InChI=1S/C24H27ClN2O2S/c1-14(24-11-15-7-16(12-24)9-17(8-15)13-24)26-22(28)18-4-5-19(25)20(10-18)27-23(29)21-3-2-6-30-21/h2-6,10,14-17H,7-9,11-13H2,1H3,(H,26,28)(H,27,29)/t14-,15?,16?,17?,24?/m0/s1. The molecule has 2 amide bonds. The summed E-state index contributed by atoms with van der Waals surface area (Å²) in [6.45, 7) is 2.18. The molecular formula is C24H27ClN2O2S. The van der Waals surface area contributed by atoms with Gasteiger partial charge in [-0.2, -0.15) is 0 Å². The van der Waals surface area contributed by atoms with Crippen molar-refractivity contribution in [2.45, 2.75) is 51.5 Å². The van der Waals surface area contributed by atoms with Crippen LogP contribution in [0.5, 0.6) is 0 Å². The second kappa shape index (κ2) is 7.69. The van der Waals surface area contributed by atoms with E-state index in [0.717, 1.165) is 17.8 Å². The Labute approximate surface area is 186 Å². The Hall–Kier alpha value is -1.85. The van der Waals surface area contributed by atoms with Crippen LogP contribution in [0.2, 0.25) is 5.02 Å². The summed E-state index contributed by atoms with van der Waals surface area (Å²) in [5.74, 6) is 2.24. The van der Waals surface area contributed by atoms with E-state index in [1.165, 1.54) is 49.9 Å². The number of benzene rings is 1. The zero-order valence-corrected chi connectivity index (χ0v) is 18.7. The fourth-order valence-electron chi connectivity index (χ4n) is 6.50. The number of hydrogen-bond donors (Lipinski definition) is 2. The minimum Gasteiger partial charge on any atom is -0.349 e. The topological polar surface area (TPSA) is 58.2 Å². The van der Waals surface area contributed by atoms with E-state index in [9.17, 15) is 9.59 Å². The molecule has 0 unspecified atom stereocenters. The van der Waals surface area contributed by atoms with Crippen LogP contribution in [0.3, 0.4) is 0 Å². The number of amides is 2. The Kier molecular flexibility index (Phi) is 5.14. The van der Waals surface area contributed by atoms with Crippen molar-refractivity contribution in [2.24, 2.45) is 23.2 Å². The Balaban J connectivity index is 1.30. The van der Waals surface area contributed by atoms with Gasteiger partial charge in [-0.05, 0) is 98.3 Å². The molecule has 2 N–H and O–H groups in total.